The lowest BCUT2D eigenvalue weighted by atomic mass is 9.77. The highest BCUT2D eigenvalue weighted by Gasteiger charge is 2.29. The van der Waals surface area contributed by atoms with Crippen LogP contribution in [-0.4, -0.2) is 77.1 Å². The van der Waals surface area contributed by atoms with E-state index in [1.54, 1.807) is 0 Å². The quantitative estimate of drug-likeness (QED) is 0.518. The molecule has 34 heavy (non-hydrogen) atoms. The van der Waals surface area contributed by atoms with Gasteiger partial charge in [0.2, 0.25) is 5.91 Å². The fraction of sp³-hybridized carbons (Fsp3) is 0.519. The lowest BCUT2D eigenvalue weighted by Crippen LogP contribution is -2.36. The SMILES string of the molecule is [2H]C([2H])([2H])Oc1cc2c(cc1OC([2H])([2H])[2H])C(C([2H])([2H])N(C)C([2H])([2H])CCN1C(=O)Cc3cc(OC)c(OC)cc3C([2H])([2H])C1([2H])[2H])C2. The summed E-state index contributed by atoms with van der Waals surface area (Å²) < 4.78 is 135. The fourth-order valence-electron chi connectivity index (χ4n) is 4.01. The Balaban J connectivity index is 1.59. The molecular formula is C27H36N2O5. The fourth-order valence-corrected chi connectivity index (χ4v) is 4.01. The molecule has 2 aliphatic rings. The molecule has 7 nitrogen and oxygen atoms in total. The molecule has 7 heteroatoms. The van der Waals surface area contributed by atoms with Gasteiger partial charge in [0.15, 0.2) is 23.0 Å². The second-order valence-electron chi connectivity index (χ2n) is 7.88. The second kappa shape index (κ2) is 10.6. The Labute approximate surface area is 222 Å². The predicted molar refractivity (Wildman–Crippen MR) is 132 cm³/mol. The van der Waals surface area contributed by atoms with Crippen LogP contribution in [0.15, 0.2) is 24.3 Å². The van der Waals surface area contributed by atoms with Crippen molar-refractivity contribution < 1.29 is 42.9 Å². The summed E-state index contributed by atoms with van der Waals surface area (Å²) in [5.41, 5.74) is 0.725. The Morgan fingerprint density at radius 3 is 2.38 bits per heavy atom. The van der Waals surface area contributed by atoms with Gasteiger partial charge in [0.1, 0.15) is 0 Å². The molecule has 0 aromatic heterocycles. The first-order valence-electron chi connectivity index (χ1n) is 17.6. The molecule has 2 aromatic rings. The molecule has 0 fully saturated rings. The third kappa shape index (κ3) is 4.94. The van der Waals surface area contributed by atoms with Crippen molar-refractivity contribution >= 4 is 5.91 Å². The normalized spacial score (nSPS) is 27.6. The number of carbonyl (C=O) groups is 1. The largest absolute Gasteiger partial charge is 0.493 e. The molecule has 1 heterocycles. The summed E-state index contributed by atoms with van der Waals surface area (Å²) >= 11 is 0. The Bertz CT molecular complexity index is 1560. The molecule has 0 bridgehead atoms. The summed E-state index contributed by atoms with van der Waals surface area (Å²) in [6.45, 7) is -8.53. The van der Waals surface area contributed by atoms with Crippen molar-refractivity contribution in [3.8, 4) is 23.0 Å². The van der Waals surface area contributed by atoms with Crippen molar-refractivity contribution in [3.63, 3.8) is 0 Å². The van der Waals surface area contributed by atoms with E-state index in [0.717, 1.165) is 18.0 Å². The Hall–Kier alpha value is -2.93. The third-order valence-corrected chi connectivity index (χ3v) is 5.84. The number of rotatable bonds is 10. The van der Waals surface area contributed by atoms with Gasteiger partial charge in [-0.2, -0.15) is 0 Å². The van der Waals surface area contributed by atoms with E-state index in [-0.39, 0.29) is 40.4 Å². The number of carbonyl (C=O) groups excluding carboxylic acids is 1. The van der Waals surface area contributed by atoms with Crippen LogP contribution in [0.4, 0.5) is 0 Å². The number of methoxy groups -OCH3 is 4. The Kier molecular flexibility index (Phi) is 3.77. The zero-order valence-electron chi connectivity index (χ0n) is 33.2. The molecule has 1 amide bonds. The Morgan fingerprint density at radius 2 is 1.68 bits per heavy atom. The maximum atomic E-state index is 13.4. The lowest BCUT2D eigenvalue weighted by Gasteiger charge is -2.34. The molecule has 0 spiro atoms. The summed E-state index contributed by atoms with van der Waals surface area (Å²) in [4.78, 5) is 14.8. The number of nitrogens with zero attached hydrogens (tertiary/aromatic N) is 2. The van der Waals surface area contributed by atoms with Gasteiger partial charge in [0.25, 0.3) is 0 Å². The number of aryl methyl sites for hydroxylation is 1. The first-order chi connectivity index (χ1) is 21.8. The average Bonchev–Trinajstić information content (AvgIpc) is 2.97. The minimum Gasteiger partial charge on any atom is -0.493 e. The van der Waals surface area contributed by atoms with Crippen LogP contribution in [0.2, 0.25) is 0 Å². The number of hydrogen-bond acceptors (Lipinski definition) is 6. The van der Waals surface area contributed by atoms with E-state index in [2.05, 4.69) is 0 Å². The van der Waals surface area contributed by atoms with Crippen LogP contribution < -0.4 is 18.9 Å². The molecule has 0 radical (unpaired) electrons. The van der Waals surface area contributed by atoms with Gasteiger partial charge in [0.05, 0.1) is 42.9 Å². The van der Waals surface area contributed by atoms with Gasteiger partial charge in [0, 0.05) is 36.4 Å². The van der Waals surface area contributed by atoms with Crippen LogP contribution in [0.5, 0.6) is 23.0 Å². The van der Waals surface area contributed by atoms with Gasteiger partial charge in [-0.25, -0.2) is 0 Å². The lowest BCUT2D eigenvalue weighted by molar-refractivity contribution is -0.130. The number of fused-ring (bicyclic) bond motifs is 2. The number of amides is 1. The van der Waals surface area contributed by atoms with Crippen LogP contribution in [0.1, 0.15) is 53.8 Å². The third-order valence-electron chi connectivity index (χ3n) is 5.84. The van der Waals surface area contributed by atoms with Crippen LogP contribution in [0, 0.1) is 0 Å². The van der Waals surface area contributed by atoms with E-state index >= 15 is 0 Å². The van der Waals surface area contributed by atoms with E-state index in [0.29, 0.717) is 10.5 Å². The molecular weight excluding hydrogens is 432 g/mol. The number of likely N-dealkylation sites (N-methyl/N-ethyl adjacent to an activating group) is 1. The van der Waals surface area contributed by atoms with E-state index in [4.69, 9.17) is 38.1 Å². The zero-order chi connectivity index (χ0) is 36.4. The van der Waals surface area contributed by atoms with E-state index in [9.17, 15) is 4.79 Å². The summed E-state index contributed by atoms with van der Waals surface area (Å²) in [5, 5.41) is 0. The molecule has 0 N–H and O–H groups in total. The molecule has 1 aliphatic heterocycles. The second-order valence-corrected chi connectivity index (χ2v) is 7.88. The highest BCUT2D eigenvalue weighted by molar-refractivity contribution is 5.80. The van der Waals surface area contributed by atoms with Crippen molar-refractivity contribution in [2.75, 3.05) is 61.4 Å². The number of benzene rings is 2. The predicted octanol–water partition coefficient (Wildman–Crippen LogP) is 3.31. The first-order valence-corrected chi connectivity index (χ1v) is 10.6. The molecule has 184 valence electrons. The van der Waals surface area contributed by atoms with Crippen molar-refractivity contribution in [2.45, 2.75) is 31.6 Å². The average molecular weight is 483 g/mol. The van der Waals surface area contributed by atoms with Crippen LogP contribution in [0.25, 0.3) is 0 Å². The van der Waals surface area contributed by atoms with E-state index < -0.39 is 76.9 Å². The summed E-state index contributed by atoms with van der Waals surface area (Å²) in [6, 6.07) is 5.07. The number of hydrogen-bond donors (Lipinski definition) is 0. The molecule has 0 saturated carbocycles. The maximum Gasteiger partial charge on any atom is 0.227 e. The highest BCUT2D eigenvalue weighted by Crippen LogP contribution is 2.42. The van der Waals surface area contributed by atoms with Crippen molar-refractivity contribution in [1.29, 1.82) is 0 Å². The maximum absolute atomic E-state index is 13.4. The smallest absolute Gasteiger partial charge is 0.227 e. The van der Waals surface area contributed by atoms with Gasteiger partial charge in [-0.1, -0.05) is 0 Å². The zero-order valence-corrected chi connectivity index (χ0v) is 19.2. The van der Waals surface area contributed by atoms with Crippen LogP contribution in [-0.2, 0) is 24.0 Å². The van der Waals surface area contributed by atoms with Gasteiger partial charge >= 0.3 is 0 Å². The van der Waals surface area contributed by atoms with Crippen molar-refractivity contribution in [1.82, 2.24) is 9.80 Å². The highest BCUT2D eigenvalue weighted by atomic mass is 16.5. The van der Waals surface area contributed by atoms with E-state index in [1.165, 1.54) is 32.4 Å². The minimum absolute atomic E-state index is 0.00666. The molecule has 1 aliphatic carbocycles. The van der Waals surface area contributed by atoms with Gasteiger partial charge in [-0.15, -0.1) is 0 Å². The monoisotopic (exact) mass is 482 g/mol. The first kappa shape index (κ1) is 12.2. The molecule has 4 rings (SSSR count). The van der Waals surface area contributed by atoms with Crippen molar-refractivity contribution in [3.05, 3.63) is 46.5 Å². The molecule has 1 atom stereocenters. The number of ether oxygens (including phenoxy) is 4. The molecule has 0 saturated heterocycles. The van der Waals surface area contributed by atoms with Gasteiger partial charge in [-0.05, 0) is 79.3 Å². The summed E-state index contributed by atoms with van der Waals surface area (Å²) in [5.74, 6) is -2.34. The molecule has 1 unspecified atom stereocenters. The molecule has 2 aromatic carbocycles. The van der Waals surface area contributed by atoms with E-state index in [1.807, 2.05) is 0 Å². The van der Waals surface area contributed by atoms with Crippen LogP contribution >= 0.6 is 0 Å². The van der Waals surface area contributed by atoms with Crippen LogP contribution in [0.3, 0.4) is 0 Å². The topological polar surface area (TPSA) is 60.5 Å². The minimum atomic E-state index is -2.99. The summed E-state index contributed by atoms with van der Waals surface area (Å²) in [6.07, 6.45) is -3.80. The standard InChI is InChI=1S/C27H36N2O5/c1-28(17-21-11-20-14-25(33-4)26(34-5)16-22(20)21)8-6-9-29-10-7-18-12-23(31-2)24(32-3)13-19(18)15-27(29)30/h12-14,16,21H,6-11,15,17H2,1-5H3/i4D3,5D3,7D2,8D2,10D2,17D2. The van der Waals surface area contributed by atoms with Crippen molar-refractivity contribution in [2.24, 2.45) is 0 Å². The van der Waals surface area contributed by atoms with Gasteiger partial charge in [-0.3, -0.25) is 4.79 Å². The summed E-state index contributed by atoms with van der Waals surface area (Å²) in [7, 11) is -2.06. The van der Waals surface area contributed by atoms with Gasteiger partial charge < -0.3 is 28.7 Å². The Morgan fingerprint density at radius 1 is 1.03 bits per heavy atom.